The van der Waals surface area contributed by atoms with Crippen LogP contribution in [-0.4, -0.2) is 43.4 Å². The number of hydrogen-bond donors (Lipinski definition) is 0. The minimum Gasteiger partial charge on any atom is -0.483 e. The fraction of sp³-hybridized carbons (Fsp3) is 0.381. The van der Waals surface area contributed by atoms with E-state index in [4.69, 9.17) is 16.3 Å². The van der Waals surface area contributed by atoms with Gasteiger partial charge in [-0.25, -0.2) is 8.42 Å². The molecular formula is C21H24ClNO4S. The second-order valence-corrected chi connectivity index (χ2v) is 9.86. The van der Waals surface area contributed by atoms with Crippen molar-refractivity contribution in [2.24, 2.45) is 0 Å². The first-order valence-electron chi connectivity index (χ1n) is 9.18. The monoisotopic (exact) mass is 421 g/mol. The summed E-state index contributed by atoms with van der Waals surface area (Å²) in [6.45, 7) is 4.13. The van der Waals surface area contributed by atoms with Gasteiger partial charge in [-0.3, -0.25) is 4.79 Å². The Labute approximate surface area is 171 Å². The molecule has 0 bridgehead atoms. The van der Waals surface area contributed by atoms with Gasteiger partial charge in [-0.15, -0.1) is 0 Å². The van der Waals surface area contributed by atoms with Crippen LogP contribution in [0.3, 0.4) is 0 Å². The van der Waals surface area contributed by atoms with E-state index in [1.807, 2.05) is 44.2 Å². The summed E-state index contributed by atoms with van der Waals surface area (Å²) in [5.74, 6) is 0.548. The number of ether oxygens (including phenoxy) is 1. The highest BCUT2D eigenvalue weighted by atomic mass is 35.5. The summed E-state index contributed by atoms with van der Waals surface area (Å²) in [5, 5.41) is 0.614. The lowest BCUT2D eigenvalue weighted by Crippen LogP contribution is -2.43. The molecule has 1 amide bonds. The average molecular weight is 422 g/mol. The third-order valence-corrected chi connectivity index (χ3v) is 7.14. The van der Waals surface area contributed by atoms with Gasteiger partial charge in [0.05, 0.1) is 11.5 Å². The van der Waals surface area contributed by atoms with Crippen molar-refractivity contribution in [2.75, 3.05) is 18.1 Å². The molecule has 2 aromatic carbocycles. The van der Waals surface area contributed by atoms with Gasteiger partial charge >= 0.3 is 0 Å². The van der Waals surface area contributed by atoms with E-state index < -0.39 is 9.84 Å². The van der Waals surface area contributed by atoms with Gasteiger partial charge < -0.3 is 9.64 Å². The number of aryl methyl sites for hydroxylation is 1. The number of carbonyl (C=O) groups excluding carboxylic acids is 1. The summed E-state index contributed by atoms with van der Waals surface area (Å²) in [4.78, 5) is 14.6. The fourth-order valence-electron chi connectivity index (χ4n) is 3.33. The molecule has 1 aliphatic heterocycles. The lowest BCUT2D eigenvalue weighted by molar-refractivity contribution is -0.136. The Morgan fingerprint density at radius 3 is 2.54 bits per heavy atom. The molecule has 2 aromatic rings. The Hall–Kier alpha value is -2.05. The van der Waals surface area contributed by atoms with Crippen LogP contribution in [0.4, 0.5) is 0 Å². The van der Waals surface area contributed by atoms with Crippen LogP contribution < -0.4 is 4.74 Å². The molecule has 0 saturated carbocycles. The van der Waals surface area contributed by atoms with Crippen molar-refractivity contribution in [1.29, 1.82) is 0 Å². The van der Waals surface area contributed by atoms with Gasteiger partial charge in [0.1, 0.15) is 5.75 Å². The van der Waals surface area contributed by atoms with Crippen LogP contribution in [0.15, 0.2) is 42.5 Å². The SMILES string of the molecule is Cc1cccc(OCC(=O)N(Cc2ccc(Cl)cc2)C2CCS(=O)(=O)C2)c1C. The van der Waals surface area contributed by atoms with Crippen LogP contribution >= 0.6 is 11.6 Å². The number of sulfone groups is 1. The Morgan fingerprint density at radius 1 is 1.18 bits per heavy atom. The third-order valence-electron chi connectivity index (χ3n) is 5.14. The Balaban J connectivity index is 1.76. The van der Waals surface area contributed by atoms with Crippen LogP contribution in [0.2, 0.25) is 5.02 Å². The molecule has 1 saturated heterocycles. The van der Waals surface area contributed by atoms with E-state index in [2.05, 4.69) is 0 Å². The van der Waals surface area contributed by atoms with Gasteiger partial charge in [0.2, 0.25) is 0 Å². The van der Waals surface area contributed by atoms with E-state index in [0.717, 1.165) is 16.7 Å². The number of amides is 1. The highest BCUT2D eigenvalue weighted by Gasteiger charge is 2.34. The lowest BCUT2D eigenvalue weighted by Gasteiger charge is -2.28. The molecule has 0 aliphatic carbocycles. The lowest BCUT2D eigenvalue weighted by atomic mass is 10.1. The largest absolute Gasteiger partial charge is 0.483 e. The molecule has 0 spiro atoms. The number of hydrogen-bond acceptors (Lipinski definition) is 4. The first-order valence-corrected chi connectivity index (χ1v) is 11.4. The Morgan fingerprint density at radius 2 is 1.89 bits per heavy atom. The van der Waals surface area contributed by atoms with E-state index in [9.17, 15) is 13.2 Å². The van der Waals surface area contributed by atoms with Crippen molar-refractivity contribution >= 4 is 27.3 Å². The smallest absolute Gasteiger partial charge is 0.261 e. The minimum atomic E-state index is -3.11. The zero-order chi connectivity index (χ0) is 20.3. The molecule has 1 atom stereocenters. The van der Waals surface area contributed by atoms with Crippen molar-refractivity contribution in [3.05, 3.63) is 64.2 Å². The normalized spacial score (nSPS) is 18.0. The maximum atomic E-state index is 13.0. The quantitative estimate of drug-likeness (QED) is 0.715. The van der Waals surface area contributed by atoms with Gasteiger partial charge in [-0.1, -0.05) is 35.9 Å². The molecule has 150 valence electrons. The molecular weight excluding hydrogens is 398 g/mol. The minimum absolute atomic E-state index is 0.00416. The number of nitrogens with zero attached hydrogens (tertiary/aromatic N) is 1. The third kappa shape index (κ3) is 5.06. The van der Waals surface area contributed by atoms with Crippen molar-refractivity contribution in [2.45, 2.75) is 32.9 Å². The molecule has 0 aromatic heterocycles. The first-order chi connectivity index (χ1) is 13.2. The van der Waals surface area contributed by atoms with Crippen molar-refractivity contribution in [3.8, 4) is 5.75 Å². The topological polar surface area (TPSA) is 63.7 Å². The first kappa shape index (κ1) is 20.7. The number of rotatable bonds is 6. The summed E-state index contributed by atoms with van der Waals surface area (Å²) in [7, 11) is -3.11. The molecule has 7 heteroatoms. The average Bonchev–Trinajstić information content (AvgIpc) is 3.01. The van der Waals surface area contributed by atoms with E-state index >= 15 is 0 Å². The van der Waals surface area contributed by atoms with E-state index in [1.165, 1.54) is 0 Å². The highest BCUT2D eigenvalue weighted by molar-refractivity contribution is 7.91. The summed E-state index contributed by atoms with van der Waals surface area (Å²) in [6, 6.07) is 12.6. The number of benzene rings is 2. The highest BCUT2D eigenvalue weighted by Crippen LogP contribution is 2.23. The zero-order valence-corrected chi connectivity index (χ0v) is 17.6. The molecule has 5 nitrogen and oxygen atoms in total. The van der Waals surface area contributed by atoms with Crippen molar-refractivity contribution in [1.82, 2.24) is 4.90 Å². The Kier molecular flexibility index (Phi) is 6.30. The van der Waals surface area contributed by atoms with Gasteiger partial charge in [-0.2, -0.15) is 0 Å². The predicted octanol–water partition coefficient (Wildman–Crippen LogP) is 3.55. The molecule has 0 radical (unpaired) electrons. The summed E-state index contributed by atoms with van der Waals surface area (Å²) >= 11 is 5.94. The summed E-state index contributed by atoms with van der Waals surface area (Å²) in [5.41, 5.74) is 2.97. The fourth-order valence-corrected chi connectivity index (χ4v) is 5.19. The van der Waals surface area contributed by atoms with Crippen LogP contribution in [0, 0.1) is 13.8 Å². The van der Waals surface area contributed by atoms with Gasteiger partial charge in [0.15, 0.2) is 16.4 Å². The summed E-state index contributed by atoms with van der Waals surface area (Å²) in [6.07, 6.45) is 0.450. The maximum absolute atomic E-state index is 13.0. The second-order valence-electron chi connectivity index (χ2n) is 7.19. The predicted molar refractivity (Wildman–Crippen MR) is 110 cm³/mol. The standard InChI is InChI=1S/C21H24ClNO4S/c1-15-4-3-5-20(16(15)2)27-13-21(24)23(19-10-11-28(25,26)14-19)12-17-6-8-18(22)9-7-17/h3-9,19H,10-14H2,1-2H3. The van der Waals surface area contributed by atoms with Crippen LogP contribution in [0.1, 0.15) is 23.1 Å². The van der Waals surface area contributed by atoms with Crippen LogP contribution in [0.5, 0.6) is 5.75 Å². The summed E-state index contributed by atoms with van der Waals surface area (Å²) < 4.78 is 29.6. The molecule has 1 aliphatic rings. The van der Waals surface area contributed by atoms with Crippen LogP contribution in [0.25, 0.3) is 0 Å². The molecule has 3 rings (SSSR count). The van der Waals surface area contributed by atoms with Crippen LogP contribution in [-0.2, 0) is 21.2 Å². The van der Waals surface area contributed by atoms with E-state index in [0.29, 0.717) is 23.7 Å². The second kappa shape index (κ2) is 8.53. The molecule has 1 fully saturated rings. The van der Waals surface area contributed by atoms with Gasteiger partial charge in [0.25, 0.3) is 5.91 Å². The number of halogens is 1. The van der Waals surface area contributed by atoms with Gasteiger partial charge in [-0.05, 0) is 55.2 Å². The molecule has 28 heavy (non-hydrogen) atoms. The molecule has 1 heterocycles. The zero-order valence-electron chi connectivity index (χ0n) is 16.0. The van der Waals surface area contributed by atoms with Crippen molar-refractivity contribution in [3.63, 3.8) is 0 Å². The van der Waals surface area contributed by atoms with E-state index in [1.54, 1.807) is 17.0 Å². The van der Waals surface area contributed by atoms with Crippen molar-refractivity contribution < 1.29 is 17.9 Å². The molecule has 1 unspecified atom stereocenters. The molecule has 0 N–H and O–H groups in total. The Bertz CT molecular complexity index is 957. The van der Waals surface area contributed by atoms with Gasteiger partial charge in [0, 0.05) is 17.6 Å². The maximum Gasteiger partial charge on any atom is 0.261 e. The van der Waals surface area contributed by atoms with E-state index in [-0.39, 0.29) is 30.1 Å². The number of carbonyl (C=O) groups is 1.